The van der Waals surface area contributed by atoms with E-state index in [2.05, 4.69) is 4.90 Å². The van der Waals surface area contributed by atoms with E-state index in [9.17, 15) is 4.39 Å². The summed E-state index contributed by atoms with van der Waals surface area (Å²) in [5.74, 6) is 1.75. The Kier molecular flexibility index (Phi) is 6.07. The second kappa shape index (κ2) is 7.82. The van der Waals surface area contributed by atoms with Crippen LogP contribution in [0.3, 0.4) is 0 Å². The Morgan fingerprint density at radius 2 is 1.68 bits per heavy atom. The fourth-order valence-electron chi connectivity index (χ4n) is 2.67. The van der Waals surface area contributed by atoms with Gasteiger partial charge in [0, 0.05) is 19.6 Å². The van der Waals surface area contributed by atoms with Crippen molar-refractivity contribution in [3.05, 3.63) is 24.3 Å². The average Bonchev–Trinajstić information content (AvgIpc) is 2.47. The van der Waals surface area contributed by atoms with Gasteiger partial charge in [-0.2, -0.15) is 0 Å². The van der Waals surface area contributed by atoms with Gasteiger partial charge >= 0.3 is 0 Å². The number of piperidine rings is 1. The van der Waals surface area contributed by atoms with Crippen LogP contribution in [0.15, 0.2) is 24.3 Å². The topological polar surface area (TPSA) is 21.7 Å². The summed E-state index contributed by atoms with van der Waals surface area (Å²) in [6.07, 6.45) is 2.91. The number of nitrogens with zero attached hydrogens (tertiary/aromatic N) is 1. The molecule has 0 bridgehead atoms. The van der Waals surface area contributed by atoms with Gasteiger partial charge in [0.15, 0.2) is 0 Å². The molecular weight excluding hydrogens is 281 g/mol. The van der Waals surface area contributed by atoms with E-state index in [1.54, 1.807) is 0 Å². The van der Waals surface area contributed by atoms with E-state index in [0.717, 1.165) is 44.0 Å². The zero-order valence-electron chi connectivity index (χ0n) is 14.0. The maximum atomic E-state index is 12.2. The van der Waals surface area contributed by atoms with Crippen LogP contribution in [0.25, 0.3) is 0 Å². The molecule has 0 atom stereocenters. The van der Waals surface area contributed by atoms with Crippen LogP contribution >= 0.6 is 0 Å². The van der Waals surface area contributed by atoms with Gasteiger partial charge in [0.1, 0.15) is 23.2 Å². The lowest BCUT2D eigenvalue weighted by molar-refractivity contribution is 0.0983. The number of rotatable bonds is 6. The summed E-state index contributed by atoms with van der Waals surface area (Å²) in [6.45, 7) is 8.74. The molecular formula is C18H28FNO2. The lowest BCUT2D eigenvalue weighted by Gasteiger charge is -2.32. The van der Waals surface area contributed by atoms with Crippen molar-refractivity contribution in [1.29, 1.82) is 0 Å². The number of benzene rings is 1. The maximum absolute atomic E-state index is 12.2. The van der Waals surface area contributed by atoms with Crippen LogP contribution in [0.5, 0.6) is 11.5 Å². The van der Waals surface area contributed by atoms with Gasteiger partial charge in [-0.05, 0) is 64.3 Å². The molecule has 0 unspecified atom stereocenters. The average molecular weight is 309 g/mol. The Hall–Kier alpha value is -1.29. The highest BCUT2D eigenvalue weighted by atomic mass is 19.1. The summed E-state index contributed by atoms with van der Waals surface area (Å²) < 4.78 is 24.0. The van der Waals surface area contributed by atoms with Gasteiger partial charge in [-0.25, -0.2) is 0 Å². The highest BCUT2D eigenvalue weighted by molar-refractivity contribution is 5.31. The van der Waals surface area contributed by atoms with Crippen molar-refractivity contribution in [2.24, 2.45) is 0 Å². The Balaban J connectivity index is 1.77. The van der Waals surface area contributed by atoms with E-state index >= 15 is 0 Å². The van der Waals surface area contributed by atoms with Crippen molar-refractivity contribution >= 4 is 0 Å². The molecule has 0 N–H and O–H groups in total. The van der Waals surface area contributed by atoms with Gasteiger partial charge in [0.2, 0.25) is 0 Å². The highest BCUT2D eigenvalue weighted by Crippen LogP contribution is 2.24. The van der Waals surface area contributed by atoms with E-state index in [1.807, 2.05) is 45.0 Å². The summed E-state index contributed by atoms with van der Waals surface area (Å²) in [7, 11) is 0. The number of hydrogen-bond donors (Lipinski definition) is 0. The third kappa shape index (κ3) is 5.84. The van der Waals surface area contributed by atoms with Crippen LogP contribution in [0.1, 0.15) is 40.0 Å². The summed E-state index contributed by atoms with van der Waals surface area (Å²) in [6, 6.07) is 7.85. The molecule has 4 heteroatoms. The number of alkyl halides is 1. The van der Waals surface area contributed by atoms with Crippen LogP contribution in [-0.4, -0.2) is 42.9 Å². The lowest BCUT2D eigenvalue weighted by atomic mass is 10.1. The van der Waals surface area contributed by atoms with Crippen LogP contribution in [-0.2, 0) is 0 Å². The van der Waals surface area contributed by atoms with Gasteiger partial charge < -0.3 is 14.4 Å². The van der Waals surface area contributed by atoms with Gasteiger partial charge in [-0.1, -0.05) is 0 Å². The molecule has 1 fully saturated rings. The molecule has 1 heterocycles. The minimum Gasteiger partial charge on any atom is -0.490 e. The smallest absolute Gasteiger partial charge is 0.120 e. The number of hydrogen-bond acceptors (Lipinski definition) is 3. The Morgan fingerprint density at radius 1 is 1.09 bits per heavy atom. The first-order valence-corrected chi connectivity index (χ1v) is 8.20. The predicted octanol–water partition coefficient (Wildman–Crippen LogP) is 4.07. The molecule has 0 spiro atoms. The largest absolute Gasteiger partial charge is 0.490 e. The number of ether oxygens (including phenoxy) is 2. The molecule has 0 amide bonds. The molecule has 124 valence electrons. The molecule has 1 aliphatic heterocycles. The predicted molar refractivity (Wildman–Crippen MR) is 87.5 cm³/mol. The van der Waals surface area contributed by atoms with E-state index in [4.69, 9.17) is 9.47 Å². The van der Waals surface area contributed by atoms with Crippen molar-refractivity contribution in [1.82, 2.24) is 4.90 Å². The fourth-order valence-corrected chi connectivity index (χ4v) is 2.67. The first-order valence-electron chi connectivity index (χ1n) is 8.20. The van der Waals surface area contributed by atoms with Gasteiger partial charge in [-0.15, -0.1) is 0 Å². The lowest BCUT2D eigenvalue weighted by Crippen LogP contribution is -2.38. The fraction of sp³-hybridized carbons (Fsp3) is 0.667. The van der Waals surface area contributed by atoms with Gasteiger partial charge in [0.05, 0.1) is 6.67 Å². The first kappa shape index (κ1) is 17.1. The summed E-state index contributed by atoms with van der Waals surface area (Å²) in [4.78, 5) is 2.32. The Labute approximate surface area is 133 Å². The Bertz CT molecular complexity index is 433. The normalized spacial score (nSPS) is 17.5. The molecule has 0 radical (unpaired) electrons. The minimum atomic E-state index is -0.223. The standard InChI is InChI=1S/C18H28FNO2/c1-18(2,3)22-17-7-5-15(6-8-17)21-16-9-13-20(14-10-16)12-4-11-19/h5-8,16H,4,9-14H2,1-3H3. The molecule has 1 saturated heterocycles. The molecule has 0 aromatic heterocycles. The van der Waals surface area contributed by atoms with Crippen LogP contribution in [0, 0.1) is 0 Å². The summed E-state index contributed by atoms with van der Waals surface area (Å²) in [5, 5.41) is 0. The third-order valence-corrected chi connectivity index (χ3v) is 3.69. The monoisotopic (exact) mass is 309 g/mol. The summed E-state index contributed by atoms with van der Waals surface area (Å²) >= 11 is 0. The van der Waals surface area contributed by atoms with Gasteiger partial charge in [-0.3, -0.25) is 4.39 Å². The molecule has 0 saturated carbocycles. The highest BCUT2D eigenvalue weighted by Gasteiger charge is 2.20. The first-order chi connectivity index (χ1) is 10.5. The molecule has 22 heavy (non-hydrogen) atoms. The van der Waals surface area contributed by atoms with Crippen LogP contribution < -0.4 is 9.47 Å². The maximum Gasteiger partial charge on any atom is 0.120 e. The zero-order valence-corrected chi connectivity index (χ0v) is 14.0. The second-order valence-corrected chi connectivity index (χ2v) is 6.89. The van der Waals surface area contributed by atoms with Crippen LogP contribution in [0.4, 0.5) is 4.39 Å². The van der Waals surface area contributed by atoms with E-state index in [1.165, 1.54) is 0 Å². The van der Waals surface area contributed by atoms with E-state index < -0.39 is 0 Å². The zero-order chi connectivity index (χ0) is 16.0. The molecule has 1 aromatic carbocycles. The number of halogens is 1. The molecule has 1 aliphatic rings. The van der Waals surface area contributed by atoms with Crippen molar-refractivity contribution in [2.45, 2.75) is 51.7 Å². The second-order valence-electron chi connectivity index (χ2n) is 6.89. The van der Waals surface area contributed by atoms with E-state index in [-0.39, 0.29) is 18.4 Å². The molecule has 1 aromatic rings. The van der Waals surface area contributed by atoms with Crippen molar-refractivity contribution < 1.29 is 13.9 Å². The van der Waals surface area contributed by atoms with E-state index in [0.29, 0.717) is 6.42 Å². The number of likely N-dealkylation sites (tertiary alicyclic amines) is 1. The molecule has 0 aliphatic carbocycles. The minimum absolute atomic E-state index is 0.186. The molecule has 2 rings (SSSR count). The summed E-state index contributed by atoms with van der Waals surface area (Å²) in [5.41, 5.74) is -0.186. The van der Waals surface area contributed by atoms with Crippen molar-refractivity contribution in [3.63, 3.8) is 0 Å². The van der Waals surface area contributed by atoms with Gasteiger partial charge in [0.25, 0.3) is 0 Å². The third-order valence-electron chi connectivity index (χ3n) is 3.69. The Morgan fingerprint density at radius 3 is 2.23 bits per heavy atom. The quantitative estimate of drug-likeness (QED) is 0.791. The molecule has 3 nitrogen and oxygen atoms in total. The SMILES string of the molecule is CC(C)(C)Oc1ccc(OC2CCN(CCCF)CC2)cc1. The van der Waals surface area contributed by atoms with Crippen molar-refractivity contribution in [3.8, 4) is 11.5 Å². The van der Waals surface area contributed by atoms with Crippen molar-refractivity contribution in [2.75, 3.05) is 26.3 Å². The van der Waals surface area contributed by atoms with Crippen LogP contribution in [0.2, 0.25) is 0 Å².